The van der Waals surface area contributed by atoms with Gasteiger partial charge in [-0.25, -0.2) is 4.79 Å². The Morgan fingerprint density at radius 3 is 2.65 bits per heavy atom. The molecule has 2 rings (SSSR count). The van der Waals surface area contributed by atoms with Crippen LogP contribution in [-0.4, -0.2) is 48.3 Å². The van der Waals surface area contributed by atoms with Crippen molar-refractivity contribution >= 4 is 17.7 Å². The number of amides is 2. The Morgan fingerprint density at radius 1 is 1.30 bits per heavy atom. The number of ether oxygens (including phenoxy) is 2. The Morgan fingerprint density at radius 2 is 2.04 bits per heavy atom. The van der Waals surface area contributed by atoms with E-state index in [1.54, 1.807) is 18.2 Å². The molecule has 7 heteroatoms. The SMILES string of the molecule is CCOc1ccc(OCC)c(NC(=O)N2CCC(C(=O)O)C2)c1. The maximum Gasteiger partial charge on any atom is 0.321 e. The maximum absolute atomic E-state index is 12.3. The van der Waals surface area contributed by atoms with Gasteiger partial charge in [-0.3, -0.25) is 4.79 Å². The second-order valence-corrected chi connectivity index (χ2v) is 5.22. The highest BCUT2D eigenvalue weighted by atomic mass is 16.5. The first-order valence-electron chi connectivity index (χ1n) is 7.73. The summed E-state index contributed by atoms with van der Waals surface area (Å²) < 4.78 is 10.9. The first-order valence-corrected chi connectivity index (χ1v) is 7.73. The molecule has 1 aliphatic rings. The minimum absolute atomic E-state index is 0.219. The van der Waals surface area contributed by atoms with Crippen LogP contribution in [0.2, 0.25) is 0 Å². The van der Waals surface area contributed by atoms with Crippen LogP contribution in [0.4, 0.5) is 10.5 Å². The molecular formula is C16H22N2O5. The lowest BCUT2D eigenvalue weighted by molar-refractivity contribution is -0.141. The lowest BCUT2D eigenvalue weighted by Crippen LogP contribution is -2.33. The van der Waals surface area contributed by atoms with Gasteiger partial charge in [-0.05, 0) is 32.4 Å². The van der Waals surface area contributed by atoms with Crippen molar-refractivity contribution in [3.05, 3.63) is 18.2 Å². The number of rotatable bonds is 6. The summed E-state index contributed by atoms with van der Waals surface area (Å²) in [6.45, 7) is 5.38. The van der Waals surface area contributed by atoms with Crippen molar-refractivity contribution in [1.29, 1.82) is 0 Å². The third kappa shape index (κ3) is 4.28. The number of hydrogen-bond donors (Lipinski definition) is 2. The molecule has 1 fully saturated rings. The second kappa shape index (κ2) is 7.71. The van der Waals surface area contributed by atoms with Gasteiger partial charge >= 0.3 is 12.0 Å². The first-order chi connectivity index (χ1) is 11.0. The quantitative estimate of drug-likeness (QED) is 0.840. The minimum Gasteiger partial charge on any atom is -0.494 e. The topological polar surface area (TPSA) is 88.1 Å². The molecule has 1 saturated heterocycles. The molecule has 0 spiro atoms. The van der Waals surface area contributed by atoms with E-state index in [-0.39, 0.29) is 12.6 Å². The van der Waals surface area contributed by atoms with Crippen LogP contribution < -0.4 is 14.8 Å². The predicted molar refractivity (Wildman–Crippen MR) is 85.1 cm³/mol. The van der Waals surface area contributed by atoms with E-state index in [0.29, 0.717) is 43.4 Å². The molecule has 126 valence electrons. The van der Waals surface area contributed by atoms with Crippen LogP contribution in [0.3, 0.4) is 0 Å². The summed E-state index contributed by atoms with van der Waals surface area (Å²) >= 11 is 0. The van der Waals surface area contributed by atoms with Gasteiger partial charge in [0, 0.05) is 19.2 Å². The summed E-state index contributed by atoms with van der Waals surface area (Å²) in [6.07, 6.45) is 0.472. The predicted octanol–water partition coefficient (Wildman–Crippen LogP) is 2.42. The van der Waals surface area contributed by atoms with Crippen molar-refractivity contribution in [2.45, 2.75) is 20.3 Å². The number of carbonyl (C=O) groups excluding carboxylic acids is 1. The van der Waals surface area contributed by atoms with Crippen LogP contribution in [0.1, 0.15) is 20.3 Å². The number of likely N-dealkylation sites (tertiary alicyclic amines) is 1. The van der Waals surface area contributed by atoms with Gasteiger partial charge in [-0.2, -0.15) is 0 Å². The standard InChI is InChI=1S/C16H22N2O5/c1-3-22-12-5-6-14(23-4-2)13(9-12)17-16(21)18-8-7-11(10-18)15(19)20/h5-6,9,11H,3-4,7-8,10H2,1-2H3,(H,17,21)(H,19,20). The van der Waals surface area contributed by atoms with Gasteiger partial charge in [0.15, 0.2) is 0 Å². The molecule has 1 unspecified atom stereocenters. The van der Waals surface area contributed by atoms with E-state index >= 15 is 0 Å². The average molecular weight is 322 g/mol. The van der Waals surface area contributed by atoms with Crippen LogP contribution in [0.5, 0.6) is 11.5 Å². The Hall–Kier alpha value is -2.44. The third-order valence-electron chi connectivity index (χ3n) is 3.63. The van der Waals surface area contributed by atoms with Crippen molar-refractivity contribution in [3.63, 3.8) is 0 Å². The molecule has 1 aromatic rings. The number of nitrogens with zero attached hydrogens (tertiary/aromatic N) is 1. The van der Waals surface area contributed by atoms with E-state index in [1.807, 2.05) is 13.8 Å². The fraction of sp³-hybridized carbons (Fsp3) is 0.500. The van der Waals surface area contributed by atoms with Crippen molar-refractivity contribution in [1.82, 2.24) is 4.90 Å². The normalized spacial score (nSPS) is 17.0. The highest BCUT2D eigenvalue weighted by Gasteiger charge is 2.31. The number of benzene rings is 1. The van der Waals surface area contributed by atoms with E-state index in [2.05, 4.69) is 5.32 Å². The van der Waals surface area contributed by atoms with Crippen molar-refractivity contribution in [2.24, 2.45) is 5.92 Å². The van der Waals surface area contributed by atoms with Crippen molar-refractivity contribution < 1.29 is 24.2 Å². The molecule has 23 heavy (non-hydrogen) atoms. The largest absolute Gasteiger partial charge is 0.494 e. The van der Waals surface area contributed by atoms with Gasteiger partial charge in [-0.1, -0.05) is 0 Å². The number of aliphatic carboxylic acids is 1. The number of nitrogens with one attached hydrogen (secondary N) is 1. The molecule has 2 amide bonds. The fourth-order valence-electron chi connectivity index (χ4n) is 2.49. The van der Waals surface area contributed by atoms with Crippen LogP contribution in [0.25, 0.3) is 0 Å². The molecule has 1 atom stereocenters. The molecule has 0 radical (unpaired) electrons. The summed E-state index contributed by atoms with van der Waals surface area (Å²) in [6, 6.07) is 4.90. The molecule has 1 aromatic carbocycles. The number of carboxylic acids is 1. The molecule has 1 heterocycles. The van der Waals surface area contributed by atoms with Crippen LogP contribution in [0.15, 0.2) is 18.2 Å². The highest BCUT2D eigenvalue weighted by molar-refractivity contribution is 5.92. The van der Waals surface area contributed by atoms with E-state index in [4.69, 9.17) is 14.6 Å². The Labute approximate surface area is 135 Å². The number of carboxylic acid groups (broad SMARTS) is 1. The molecule has 2 N–H and O–H groups in total. The zero-order valence-electron chi connectivity index (χ0n) is 13.4. The third-order valence-corrected chi connectivity index (χ3v) is 3.63. The summed E-state index contributed by atoms with van der Waals surface area (Å²) in [7, 11) is 0. The number of hydrogen-bond acceptors (Lipinski definition) is 4. The molecular weight excluding hydrogens is 300 g/mol. The number of carbonyl (C=O) groups is 2. The molecule has 7 nitrogen and oxygen atoms in total. The monoisotopic (exact) mass is 322 g/mol. The summed E-state index contributed by atoms with van der Waals surface area (Å²) in [5.41, 5.74) is 0.515. The van der Waals surface area contributed by atoms with Gasteiger partial charge in [0.2, 0.25) is 0 Å². The lowest BCUT2D eigenvalue weighted by atomic mass is 10.1. The molecule has 0 bridgehead atoms. The van der Waals surface area contributed by atoms with E-state index in [1.165, 1.54) is 4.90 Å². The Balaban J connectivity index is 2.09. The summed E-state index contributed by atoms with van der Waals surface area (Å²) in [5.74, 6) is -0.176. The van der Waals surface area contributed by atoms with Crippen LogP contribution in [0, 0.1) is 5.92 Å². The highest BCUT2D eigenvalue weighted by Crippen LogP contribution is 2.30. The lowest BCUT2D eigenvalue weighted by Gasteiger charge is -2.19. The Bertz CT molecular complexity index is 576. The van der Waals surface area contributed by atoms with E-state index < -0.39 is 11.9 Å². The van der Waals surface area contributed by atoms with E-state index in [9.17, 15) is 9.59 Å². The zero-order chi connectivity index (χ0) is 16.8. The van der Waals surface area contributed by atoms with Gasteiger partial charge in [0.05, 0.1) is 24.8 Å². The van der Waals surface area contributed by atoms with E-state index in [0.717, 1.165) is 0 Å². The smallest absolute Gasteiger partial charge is 0.321 e. The van der Waals surface area contributed by atoms with Gasteiger partial charge in [0.1, 0.15) is 11.5 Å². The van der Waals surface area contributed by atoms with Crippen molar-refractivity contribution in [2.75, 3.05) is 31.6 Å². The summed E-state index contributed by atoms with van der Waals surface area (Å²) in [5, 5.41) is 11.8. The van der Waals surface area contributed by atoms with Crippen molar-refractivity contribution in [3.8, 4) is 11.5 Å². The van der Waals surface area contributed by atoms with Crippen LogP contribution >= 0.6 is 0 Å². The molecule has 0 aliphatic carbocycles. The molecule has 1 aliphatic heterocycles. The zero-order valence-corrected chi connectivity index (χ0v) is 13.4. The van der Waals surface area contributed by atoms with Gasteiger partial charge in [0.25, 0.3) is 0 Å². The molecule has 0 saturated carbocycles. The summed E-state index contributed by atoms with van der Waals surface area (Å²) in [4.78, 5) is 24.8. The van der Waals surface area contributed by atoms with Crippen LogP contribution in [-0.2, 0) is 4.79 Å². The van der Waals surface area contributed by atoms with Gasteiger partial charge < -0.3 is 24.8 Å². The Kier molecular flexibility index (Phi) is 5.67. The first kappa shape index (κ1) is 16.9. The van der Waals surface area contributed by atoms with Gasteiger partial charge in [-0.15, -0.1) is 0 Å². The average Bonchev–Trinajstić information content (AvgIpc) is 3.00. The second-order valence-electron chi connectivity index (χ2n) is 5.22. The minimum atomic E-state index is -0.867. The fourth-order valence-corrected chi connectivity index (χ4v) is 2.49. The maximum atomic E-state index is 12.3. The molecule has 0 aromatic heterocycles. The number of urea groups is 1. The number of anilines is 1.